The SMILES string of the molecule is Cc1cc(NC(=O)c2nc(C(=O)Nc3ccc(F)c(F)c3)n3ccccc23)no1. The summed E-state index contributed by atoms with van der Waals surface area (Å²) in [6, 6.07) is 9.46. The lowest BCUT2D eigenvalue weighted by atomic mass is 10.3. The van der Waals surface area contributed by atoms with E-state index >= 15 is 0 Å². The Labute approximate surface area is 162 Å². The Morgan fingerprint density at radius 2 is 1.86 bits per heavy atom. The summed E-state index contributed by atoms with van der Waals surface area (Å²) >= 11 is 0. The molecule has 0 fully saturated rings. The summed E-state index contributed by atoms with van der Waals surface area (Å²) in [6.45, 7) is 1.68. The van der Waals surface area contributed by atoms with Crippen LogP contribution < -0.4 is 10.6 Å². The number of aryl methyl sites for hydroxylation is 1. The first-order valence-corrected chi connectivity index (χ1v) is 8.40. The van der Waals surface area contributed by atoms with E-state index in [0.717, 1.165) is 12.1 Å². The number of nitrogens with one attached hydrogen (secondary N) is 2. The van der Waals surface area contributed by atoms with Crippen LogP contribution >= 0.6 is 0 Å². The van der Waals surface area contributed by atoms with Crippen molar-refractivity contribution in [3.8, 4) is 0 Å². The van der Waals surface area contributed by atoms with Gasteiger partial charge in [0.1, 0.15) is 5.76 Å². The molecule has 0 aliphatic rings. The second-order valence-electron chi connectivity index (χ2n) is 6.10. The summed E-state index contributed by atoms with van der Waals surface area (Å²) in [4.78, 5) is 29.4. The molecule has 0 aliphatic heterocycles. The van der Waals surface area contributed by atoms with Gasteiger partial charge in [0, 0.05) is 24.0 Å². The molecule has 29 heavy (non-hydrogen) atoms. The van der Waals surface area contributed by atoms with Crippen molar-refractivity contribution >= 4 is 28.8 Å². The van der Waals surface area contributed by atoms with E-state index in [0.29, 0.717) is 11.3 Å². The number of imidazole rings is 1. The number of pyridine rings is 1. The minimum absolute atomic E-state index is 0.0123. The molecule has 3 heterocycles. The minimum Gasteiger partial charge on any atom is -0.360 e. The van der Waals surface area contributed by atoms with Crippen molar-refractivity contribution in [2.45, 2.75) is 6.92 Å². The smallest absolute Gasteiger partial charge is 0.292 e. The van der Waals surface area contributed by atoms with Crippen molar-refractivity contribution in [3.05, 3.63) is 77.6 Å². The topological polar surface area (TPSA) is 102 Å². The van der Waals surface area contributed by atoms with Gasteiger partial charge in [-0.3, -0.25) is 14.0 Å². The molecule has 0 unspecified atom stereocenters. The Morgan fingerprint density at radius 3 is 2.59 bits per heavy atom. The molecule has 0 spiro atoms. The normalized spacial score (nSPS) is 10.9. The van der Waals surface area contributed by atoms with Gasteiger partial charge in [-0.2, -0.15) is 0 Å². The summed E-state index contributed by atoms with van der Waals surface area (Å²) in [5, 5.41) is 8.67. The number of rotatable bonds is 4. The Balaban J connectivity index is 1.67. The number of amides is 2. The molecule has 10 heteroatoms. The summed E-state index contributed by atoms with van der Waals surface area (Å²) in [7, 11) is 0. The van der Waals surface area contributed by atoms with Crippen LogP contribution in [0.3, 0.4) is 0 Å². The molecule has 1 aromatic carbocycles. The number of carbonyl (C=O) groups is 2. The lowest BCUT2D eigenvalue weighted by Crippen LogP contribution is -2.16. The highest BCUT2D eigenvalue weighted by Crippen LogP contribution is 2.18. The van der Waals surface area contributed by atoms with E-state index in [1.165, 1.54) is 16.5 Å². The molecule has 3 aromatic heterocycles. The minimum atomic E-state index is -1.10. The third-order valence-corrected chi connectivity index (χ3v) is 4.01. The monoisotopic (exact) mass is 397 g/mol. The number of carbonyl (C=O) groups excluding carboxylic acids is 2. The number of hydrogen-bond donors (Lipinski definition) is 2. The van der Waals surface area contributed by atoms with Crippen molar-refractivity contribution in [3.63, 3.8) is 0 Å². The van der Waals surface area contributed by atoms with Crippen LogP contribution in [0, 0.1) is 18.6 Å². The van der Waals surface area contributed by atoms with Crippen molar-refractivity contribution in [1.82, 2.24) is 14.5 Å². The van der Waals surface area contributed by atoms with E-state index in [4.69, 9.17) is 4.52 Å². The Morgan fingerprint density at radius 1 is 1.03 bits per heavy atom. The maximum atomic E-state index is 13.4. The van der Waals surface area contributed by atoms with Gasteiger partial charge in [0.2, 0.25) is 5.82 Å². The van der Waals surface area contributed by atoms with E-state index in [2.05, 4.69) is 20.8 Å². The number of anilines is 2. The average Bonchev–Trinajstić information content (AvgIpc) is 3.28. The van der Waals surface area contributed by atoms with Crippen molar-refractivity contribution in [2.75, 3.05) is 10.6 Å². The Kier molecular flexibility index (Phi) is 4.51. The van der Waals surface area contributed by atoms with E-state index in [1.807, 2.05) is 0 Å². The number of hydrogen-bond acceptors (Lipinski definition) is 5. The summed E-state index contributed by atoms with van der Waals surface area (Å²) < 4.78 is 32.8. The third kappa shape index (κ3) is 3.55. The maximum Gasteiger partial charge on any atom is 0.292 e. The molecule has 8 nitrogen and oxygen atoms in total. The standard InChI is InChI=1S/C19H13F2N5O3/c1-10-8-15(25-29-10)23-18(27)16-14-4-2-3-7-26(14)17(24-16)19(28)22-11-5-6-12(20)13(21)9-11/h2-9H,1H3,(H,22,28)(H,23,25,27). The number of benzene rings is 1. The second-order valence-corrected chi connectivity index (χ2v) is 6.10. The largest absolute Gasteiger partial charge is 0.360 e. The zero-order valence-corrected chi connectivity index (χ0v) is 14.9. The molecule has 0 saturated carbocycles. The second kappa shape index (κ2) is 7.15. The molecular formula is C19H13F2N5O3. The first-order valence-electron chi connectivity index (χ1n) is 8.40. The molecule has 0 aliphatic carbocycles. The molecule has 4 aromatic rings. The fourth-order valence-electron chi connectivity index (χ4n) is 2.73. The fraction of sp³-hybridized carbons (Fsp3) is 0.0526. The van der Waals surface area contributed by atoms with Gasteiger partial charge in [0.15, 0.2) is 23.1 Å². The van der Waals surface area contributed by atoms with Gasteiger partial charge in [-0.25, -0.2) is 13.8 Å². The predicted molar refractivity (Wildman–Crippen MR) is 98.7 cm³/mol. The van der Waals surface area contributed by atoms with Crippen LogP contribution in [0.1, 0.15) is 26.9 Å². The van der Waals surface area contributed by atoms with Gasteiger partial charge >= 0.3 is 0 Å². The maximum absolute atomic E-state index is 13.4. The molecule has 2 N–H and O–H groups in total. The molecule has 2 amide bonds. The van der Waals surface area contributed by atoms with Gasteiger partial charge in [-0.1, -0.05) is 11.2 Å². The van der Waals surface area contributed by atoms with Crippen LogP contribution in [0.15, 0.2) is 53.2 Å². The van der Waals surface area contributed by atoms with Crippen LogP contribution in [0.5, 0.6) is 0 Å². The predicted octanol–water partition coefficient (Wildman–Crippen LogP) is 3.41. The van der Waals surface area contributed by atoms with Gasteiger partial charge in [-0.15, -0.1) is 0 Å². The van der Waals surface area contributed by atoms with E-state index in [1.54, 1.807) is 31.3 Å². The van der Waals surface area contributed by atoms with Gasteiger partial charge in [-0.05, 0) is 31.2 Å². The zero-order valence-electron chi connectivity index (χ0n) is 14.9. The first kappa shape index (κ1) is 18.3. The van der Waals surface area contributed by atoms with E-state index < -0.39 is 23.4 Å². The summed E-state index contributed by atoms with van der Waals surface area (Å²) in [6.07, 6.45) is 1.56. The highest BCUT2D eigenvalue weighted by atomic mass is 19.2. The molecule has 0 atom stereocenters. The van der Waals surface area contributed by atoms with Crippen molar-refractivity contribution in [1.29, 1.82) is 0 Å². The van der Waals surface area contributed by atoms with Crippen molar-refractivity contribution in [2.24, 2.45) is 0 Å². The summed E-state index contributed by atoms with van der Waals surface area (Å²) in [5.41, 5.74) is 0.410. The lowest BCUT2D eigenvalue weighted by molar-refractivity contribution is 0.101. The Bertz CT molecular complexity index is 1250. The molecular weight excluding hydrogens is 384 g/mol. The van der Waals surface area contributed by atoms with Crippen molar-refractivity contribution < 1.29 is 22.9 Å². The molecule has 0 bridgehead atoms. The average molecular weight is 397 g/mol. The quantitative estimate of drug-likeness (QED) is 0.550. The molecule has 4 rings (SSSR count). The summed E-state index contributed by atoms with van der Waals surface area (Å²) in [5.74, 6) is -2.80. The van der Waals surface area contributed by atoms with Crippen LogP contribution in [0.4, 0.5) is 20.3 Å². The number of fused-ring (bicyclic) bond motifs is 1. The zero-order chi connectivity index (χ0) is 20.5. The van der Waals surface area contributed by atoms with E-state index in [9.17, 15) is 18.4 Å². The van der Waals surface area contributed by atoms with Crippen LogP contribution in [0.25, 0.3) is 5.52 Å². The molecule has 146 valence electrons. The number of nitrogens with zero attached hydrogens (tertiary/aromatic N) is 3. The highest BCUT2D eigenvalue weighted by molar-refractivity contribution is 6.10. The van der Waals surface area contributed by atoms with Crippen LogP contribution in [0.2, 0.25) is 0 Å². The number of aromatic nitrogens is 3. The first-order chi connectivity index (χ1) is 13.9. The van der Waals surface area contributed by atoms with E-state index in [-0.39, 0.29) is 23.0 Å². The number of halogens is 2. The van der Waals surface area contributed by atoms with Crippen LogP contribution in [-0.2, 0) is 0 Å². The molecule has 0 saturated heterocycles. The van der Waals surface area contributed by atoms with Gasteiger partial charge in [0.25, 0.3) is 11.8 Å². The van der Waals surface area contributed by atoms with Crippen LogP contribution in [-0.4, -0.2) is 26.4 Å². The Hall–Kier alpha value is -4.08. The lowest BCUT2D eigenvalue weighted by Gasteiger charge is -2.05. The molecule has 0 radical (unpaired) electrons. The fourth-order valence-corrected chi connectivity index (χ4v) is 2.73. The van der Waals surface area contributed by atoms with Gasteiger partial charge in [0.05, 0.1) is 5.52 Å². The third-order valence-electron chi connectivity index (χ3n) is 4.01. The van der Waals surface area contributed by atoms with Gasteiger partial charge < -0.3 is 15.2 Å². The highest BCUT2D eigenvalue weighted by Gasteiger charge is 2.22.